The molecule has 16 heavy (non-hydrogen) atoms. The second-order valence-electron chi connectivity index (χ2n) is 3.41. The van der Waals surface area contributed by atoms with Gasteiger partial charge in [0, 0.05) is 0 Å². The van der Waals surface area contributed by atoms with Crippen LogP contribution in [-0.2, 0) is 14.8 Å². The minimum Gasteiger partial charge on any atom is -0.281 e. The molecule has 0 aliphatic heterocycles. The summed E-state index contributed by atoms with van der Waals surface area (Å²) in [5.41, 5.74) is 0.762. The monoisotopic (exact) mass is 265 g/mol. The lowest BCUT2D eigenvalue weighted by Gasteiger charge is -2.10. The molecular formula is C8H12ClN3O3S. The third kappa shape index (κ3) is 2.60. The van der Waals surface area contributed by atoms with Crippen molar-refractivity contribution in [2.24, 2.45) is 0 Å². The third-order valence-electron chi connectivity index (χ3n) is 2.00. The smallest absolute Gasteiger partial charge is 0.244 e. The lowest BCUT2D eigenvalue weighted by molar-refractivity contribution is -0.112. The van der Waals surface area contributed by atoms with Gasteiger partial charge < -0.3 is 0 Å². The van der Waals surface area contributed by atoms with Gasteiger partial charge in [-0.3, -0.25) is 9.89 Å². The van der Waals surface area contributed by atoms with Crippen molar-refractivity contribution in [2.45, 2.75) is 31.7 Å². The molecule has 90 valence electrons. The predicted octanol–water partition coefficient (Wildman–Crippen LogP) is 0.459. The van der Waals surface area contributed by atoms with E-state index in [1.807, 2.05) is 0 Å². The average molecular weight is 266 g/mol. The van der Waals surface area contributed by atoms with E-state index in [-0.39, 0.29) is 4.90 Å². The van der Waals surface area contributed by atoms with Crippen molar-refractivity contribution in [3.05, 3.63) is 11.4 Å². The zero-order chi connectivity index (χ0) is 12.5. The highest BCUT2D eigenvalue weighted by molar-refractivity contribution is 7.89. The predicted molar refractivity (Wildman–Crippen MR) is 58.7 cm³/mol. The van der Waals surface area contributed by atoms with Gasteiger partial charge in [-0.2, -0.15) is 9.82 Å². The Labute approximate surface area is 98.4 Å². The number of carbonyl (C=O) groups excluding carboxylic acids is 1. The van der Waals surface area contributed by atoms with Crippen molar-refractivity contribution < 1.29 is 13.2 Å². The summed E-state index contributed by atoms with van der Waals surface area (Å²) in [7, 11) is -3.77. The largest absolute Gasteiger partial charge is 0.281 e. The van der Waals surface area contributed by atoms with E-state index in [0.717, 1.165) is 0 Å². The van der Waals surface area contributed by atoms with Crippen molar-refractivity contribution in [2.75, 3.05) is 0 Å². The molecule has 1 aromatic heterocycles. The Bertz CT molecular complexity index is 489. The molecule has 0 saturated carbocycles. The highest BCUT2D eigenvalue weighted by atomic mass is 35.5. The lowest BCUT2D eigenvalue weighted by Crippen LogP contribution is -2.36. The van der Waals surface area contributed by atoms with Gasteiger partial charge in [0.2, 0.25) is 15.3 Å². The van der Waals surface area contributed by atoms with Gasteiger partial charge >= 0.3 is 0 Å². The number of rotatable bonds is 4. The van der Waals surface area contributed by atoms with Crippen molar-refractivity contribution in [1.82, 2.24) is 14.9 Å². The molecule has 0 bridgehead atoms. The summed E-state index contributed by atoms with van der Waals surface area (Å²) < 4.78 is 25.9. The summed E-state index contributed by atoms with van der Waals surface area (Å²) in [6.45, 7) is 4.52. The van der Waals surface area contributed by atoms with Crippen LogP contribution in [0, 0.1) is 13.8 Å². The molecule has 0 aromatic carbocycles. The number of aromatic amines is 1. The third-order valence-corrected chi connectivity index (χ3v) is 4.13. The molecule has 1 aromatic rings. The van der Waals surface area contributed by atoms with E-state index in [1.165, 1.54) is 6.92 Å². The second-order valence-corrected chi connectivity index (χ2v) is 5.43. The van der Waals surface area contributed by atoms with E-state index in [2.05, 4.69) is 14.9 Å². The van der Waals surface area contributed by atoms with Crippen LogP contribution in [0.15, 0.2) is 4.90 Å². The Kier molecular flexibility index (Phi) is 3.72. The number of halogens is 1. The van der Waals surface area contributed by atoms with Crippen LogP contribution >= 0.6 is 11.6 Å². The summed E-state index contributed by atoms with van der Waals surface area (Å²) in [4.78, 5) is 10.8. The summed E-state index contributed by atoms with van der Waals surface area (Å²) in [6.07, 6.45) is 0. The van der Waals surface area contributed by atoms with E-state index in [4.69, 9.17) is 11.6 Å². The van der Waals surface area contributed by atoms with Gasteiger partial charge in [0.15, 0.2) is 0 Å². The van der Waals surface area contributed by atoms with Crippen LogP contribution in [0.4, 0.5) is 0 Å². The molecule has 0 fully saturated rings. The second kappa shape index (κ2) is 4.52. The molecule has 0 aliphatic carbocycles. The molecule has 0 amide bonds. The Morgan fingerprint density at radius 3 is 2.44 bits per heavy atom. The van der Waals surface area contributed by atoms with Crippen LogP contribution in [0.25, 0.3) is 0 Å². The van der Waals surface area contributed by atoms with Crippen LogP contribution in [-0.4, -0.2) is 29.9 Å². The van der Waals surface area contributed by atoms with Crippen molar-refractivity contribution in [3.8, 4) is 0 Å². The molecule has 1 atom stereocenters. The average Bonchev–Trinajstić information content (AvgIpc) is 2.45. The van der Waals surface area contributed by atoms with Crippen molar-refractivity contribution >= 4 is 26.9 Å². The fourth-order valence-electron chi connectivity index (χ4n) is 1.27. The molecule has 0 saturated heterocycles. The van der Waals surface area contributed by atoms with Gasteiger partial charge in [-0.15, -0.1) is 0 Å². The van der Waals surface area contributed by atoms with Crippen LogP contribution < -0.4 is 4.72 Å². The number of hydrogen-bond acceptors (Lipinski definition) is 4. The maximum Gasteiger partial charge on any atom is 0.244 e. The topological polar surface area (TPSA) is 91.9 Å². The fourth-order valence-corrected chi connectivity index (χ4v) is 2.97. The molecular weight excluding hydrogens is 254 g/mol. The molecule has 1 heterocycles. The zero-order valence-electron chi connectivity index (χ0n) is 9.04. The highest BCUT2D eigenvalue weighted by Gasteiger charge is 2.25. The minimum absolute atomic E-state index is 0.0530. The molecule has 2 N–H and O–H groups in total. The number of nitrogens with zero attached hydrogens (tertiary/aromatic N) is 1. The van der Waals surface area contributed by atoms with Crippen LogP contribution in [0.5, 0.6) is 0 Å². The Balaban J connectivity index is 3.09. The standard InChI is InChI=1S/C8H12ClN3O3S/c1-4-7(5(2)11-10-4)16(14,15)12-6(3)8(9)13/h6,12H,1-3H3,(H,10,11). The number of hydrogen-bond donors (Lipinski definition) is 2. The van der Waals surface area contributed by atoms with Crippen molar-refractivity contribution in [3.63, 3.8) is 0 Å². The van der Waals surface area contributed by atoms with E-state index < -0.39 is 21.3 Å². The van der Waals surface area contributed by atoms with Crippen LogP contribution in [0.1, 0.15) is 18.3 Å². The number of sulfonamides is 1. The van der Waals surface area contributed by atoms with Gasteiger partial charge in [-0.1, -0.05) is 0 Å². The molecule has 1 rings (SSSR count). The first-order valence-corrected chi connectivity index (χ1v) is 6.35. The fraction of sp³-hybridized carbons (Fsp3) is 0.500. The maximum atomic E-state index is 11.9. The maximum absolute atomic E-state index is 11.9. The number of nitrogens with one attached hydrogen (secondary N) is 2. The molecule has 1 unspecified atom stereocenters. The van der Waals surface area contributed by atoms with Crippen LogP contribution in [0.3, 0.4) is 0 Å². The Morgan fingerprint density at radius 2 is 2.06 bits per heavy atom. The van der Waals surface area contributed by atoms with Gasteiger partial charge in [-0.25, -0.2) is 8.42 Å². The van der Waals surface area contributed by atoms with E-state index in [0.29, 0.717) is 11.4 Å². The molecule has 0 spiro atoms. The van der Waals surface area contributed by atoms with Gasteiger partial charge in [0.25, 0.3) is 0 Å². The number of H-pyrrole nitrogens is 1. The SMILES string of the molecule is Cc1n[nH]c(C)c1S(=O)(=O)NC(C)C(=O)Cl. The molecule has 8 heteroatoms. The first kappa shape index (κ1) is 13.1. The lowest BCUT2D eigenvalue weighted by atomic mass is 10.4. The van der Waals surface area contributed by atoms with Gasteiger partial charge in [0.05, 0.1) is 17.4 Å². The van der Waals surface area contributed by atoms with Gasteiger partial charge in [0.1, 0.15) is 4.90 Å². The number of aromatic nitrogens is 2. The number of carbonyl (C=O) groups is 1. The van der Waals surface area contributed by atoms with Crippen LogP contribution in [0.2, 0.25) is 0 Å². The summed E-state index contributed by atoms with van der Waals surface area (Å²) in [6, 6.07) is -0.972. The Hall–Kier alpha value is -0.920. The summed E-state index contributed by atoms with van der Waals surface area (Å²) >= 11 is 5.19. The zero-order valence-corrected chi connectivity index (χ0v) is 10.6. The first-order chi connectivity index (χ1) is 7.25. The van der Waals surface area contributed by atoms with E-state index >= 15 is 0 Å². The Morgan fingerprint density at radius 1 is 1.50 bits per heavy atom. The molecule has 0 radical (unpaired) electrons. The summed E-state index contributed by atoms with van der Waals surface area (Å²) in [5, 5.41) is 5.57. The van der Waals surface area contributed by atoms with E-state index in [1.54, 1.807) is 13.8 Å². The quantitative estimate of drug-likeness (QED) is 0.774. The summed E-state index contributed by atoms with van der Waals surface area (Å²) in [5.74, 6) is 0. The van der Waals surface area contributed by atoms with Crippen molar-refractivity contribution in [1.29, 1.82) is 0 Å². The highest BCUT2D eigenvalue weighted by Crippen LogP contribution is 2.16. The minimum atomic E-state index is -3.77. The van der Waals surface area contributed by atoms with E-state index in [9.17, 15) is 13.2 Å². The first-order valence-electron chi connectivity index (χ1n) is 4.49. The normalized spacial score (nSPS) is 13.8. The number of aryl methyl sites for hydroxylation is 2. The molecule has 6 nitrogen and oxygen atoms in total. The molecule has 0 aliphatic rings. The van der Waals surface area contributed by atoms with Gasteiger partial charge in [-0.05, 0) is 32.4 Å².